The molecule has 402 valence electrons. The fourth-order valence-corrected chi connectivity index (χ4v) is 17.6. The Morgan fingerprint density at radius 1 is 0.620 bits per heavy atom. The van der Waals surface area contributed by atoms with Gasteiger partial charge in [-0.2, -0.15) is 0 Å². The lowest BCUT2D eigenvalue weighted by molar-refractivity contribution is -0.166. The van der Waals surface area contributed by atoms with Crippen LogP contribution in [0.25, 0.3) is 0 Å². The van der Waals surface area contributed by atoms with Crippen molar-refractivity contribution in [3.63, 3.8) is 0 Å². The lowest BCUT2D eigenvalue weighted by atomic mass is 9.64. The largest absolute Gasteiger partial charge is 0.462 e. The van der Waals surface area contributed by atoms with Crippen LogP contribution >= 0.6 is 0 Å². The van der Waals surface area contributed by atoms with Crippen molar-refractivity contribution in [2.45, 2.75) is 117 Å². The molecule has 0 aromatic heterocycles. The van der Waals surface area contributed by atoms with Gasteiger partial charge in [-0.05, 0) is 89.1 Å². The van der Waals surface area contributed by atoms with E-state index >= 15 is 0 Å². The number of carbonyl (C=O) groups is 7. The summed E-state index contributed by atoms with van der Waals surface area (Å²) in [6.07, 6.45) is 6.29. The number of amides is 2. The van der Waals surface area contributed by atoms with Gasteiger partial charge in [0.1, 0.15) is 45.7 Å². The number of ether oxygens (including phenoxy) is 9. The van der Waals surface area contributed by atoms with Gasteiger partial charge in [0, 0.05) is 49.1 Å². The minimum absolute atomic E-state index is 0.0742. The summed E-state index contributed by atoms with van der Waals surface area (Å²) < 4.78 is 56.6. The van der Waals surface area contributed by atoms with Crippen molar-refractivity contribution in [1.82, 2.24) is 10.6 Å². The maximum absolute atomic E-state index is 13.8. The Morgan fingerprint density at radius 2 is 1.04 bits per heavy atom. The van der Waals surface area contributed by atoms with Gasteiger partial charge >= 0.3 is 42.0 Å². The van der Waals surface area contributed by atoms with Crippen LogP contribution < -0.4 is 10.6 Å². The van der Waals surface area contributed by atoms with E-state index in [1.165, 1.54) is 0 Å². The molecule has 0 saturated heterocycles. The van der Waals surface area contributed by atoms with Crippen molar-refractivity contribution in [3.05, 3.63) is 63.3 Å². The van der Waals surface area contributed by atoms with E-state index < -0.39 is 134 Å². The van der Waals surface area contributed by atoms with Crippen LogP contribution in [0.2, 0.25) is 38.3 Å². The van der Waals surface area contributed by atoms with Crippen LogP contribution in [0.3, 0.4) is 0 Å². The van der Waals surface area contributed by atoms with Gasteiger partial charge in [-0.25, -0.2) is 33.6 Å². The highest BCUT2D eigenvalue weighted by molar-refractivity contribution is 6.84. The number of hydrogen-bond acceptors (Lipinski definition) is 17. The fraction of sp³-hybridized carbons (Fsp3) is 0.660. The Labute approximate surface area is 423 Å². The molecule has 2 N–H and O–H groups in total. The van der Waals surface area contributed by atoms with E-state index in [-0.39, 0.29) is 24.5 Å². The van der Waals surface area contributed by atoms with Crippen molar-refractivity contribution < 1.29 is 80.3 Å². The molecule has 1 saturated carbocycles. The number of alkyl carbamates (subject to hydrolysis) is 2. The number of nitrogens with one attached hydrogen (secondary N) is 2. The molecule has 3 unspecified atom stereocenters. The molecule has 1 aliphatic rings. The second kappa shape index (κ2) is 30.7. The van der Waals surface area contributed by atoms with Crippen molar-refractivity contribution in [2.75, 3.05) is 72.6 Å². The molecule has 19 nitrogen and oxygen atoms in total. The van der Waals surface area contributed by atoms with Gasteiger partial charge in [-0.3, -0.25) is 0 Å². The van der Waals surface area contributed by atoms with Gasteiger partial charge in [0.25, 0.3) is 0 Å². The van der Waals surface area contributed by atoms with E-state index in [0.717, 1.165) is 61.7 Å². The Morgan fingerprint density at radius 3 is 1.46 bits per heavy atom. The van der Waals surface area contributed by atoms with E-state index in [9.17, 15) is 33.6 Å². The normalized spacial score (nSPS) is 17.2. The standard InChI is InChI=1S/C50H82N2O17Si2/c1-15-23-70(11,12)69-71(13,14)24-21-22-60-28-38(7)68-45(58)51-27-39-25-47(8,9)29-48(10,26-39)52-46(59)67-37-50(35-65-43(56)19-5,36-66-44(57)20-6)31-61-30-49(32-62-40(53)16-2,33-63-41(54)17-3)34-64-42(55)18-4/h16-20,38-39H,2-6,15,21-37H2,1,7-14H3,(H,51,58)(H,52,59). The van der Waals surface area contributed by atoms with Gasteiger partial charge in [0.15, 0.2) is 16.6 Å². The Kier molecular flexibility index (Phi) is 27.6. The maximum Gasteiger partial charge on any atom is 0.407 e. The summed E-state index contributed by atoms with van der Waals surface area (Å²) >= 11 is 0. The van der Waals surface area contributed by atoms with E-state index in [2.05, 4.69) is 90.5 Å². The predicted octanol–water partition coefficient (Wildman–Crippen LogP) is 7.29. The smallest absolute Gasteiger partial charge is 0.407 e. The summed E-state index contributed by atoms with van der Waals surface area (Å²) in [5.41, 5.74) is -4.29. The van der Waals surface area contributed by atoms with Gasteiger partial charge < -0.3 is 57.4 Å². The van der Waals surface area contributed by atoms with Crippen LogP contribution in [0.15, 0.2) is 63.3 Å². The topological polar surface area (TPSA) is 236 Å². The zero-order chi connectivity index (χ0) is 53.9. The SMILES string of the molecule is C=CC(=O)OCC(COCC(COC(=O)C=C)(COC(=O)C=C)COC(=O)NC1(C)CC(CNC(=O)OC(C)COCCC[Si](C)(C)O[Si](C)(C)CCC)CC(C)(C)C1)(COC(=O)C=C)COC(=O)C=C. The monoisotopic (exact) mass is 1040 g/mol. The lowest BCUT2D eigenvalue weighted by Crippen LogP contribution is -2.55. The molecule has 0 bridgehead atoms. The molecule has 0 radical (unpaired) electrons. The second-order valence-electron chi connectivity index (χ2n) is 20.6. The highest BCUT2D eigenvalue weighted by Crippen LogP contribution is 2.44. The molecule has 0 aliphatic heterocycles. The predicted molar refractivity (Wildman–Crippen MR) is 271 cm³/mol. The average Bonchev–Trinajstić information content (AvgIpc) is 3.29. The third-order valence-corrected chi connectivity index (χ3v) is 19.0. The zero-order valence-corrected chi connectivity index (χ0v) is 45.7. The molecule has 0 heterocycles. The second-order valence-corrected chi connectivity index (χ2v) is 29.4. The third-order valence-electron chi connectivity index (χ3n) is 11.3. The number of hydrogen-bond donors (Lipinski definition) is 2. The van der Waals surface area contributed by atoms with Gasteiger partial charge in [0.05, 0.1) is 30.7 Å². The highest BCUT2D eigenvalue weighted by atomic mass is 28.4. The van der Waals surface area contributed by atoms with E-state index in [4.69, 9.17) is 46.7 Å². The van der Waals surface area contributed by atoms with Crippen LogP contribution in [0.4, 0.5) is 9.59 Å². The van der Waals surface area contributed by atoms with Crippen LogP contribution in [-0.4, -0.2) is 143 Å². The number of carbonyl (C=O) groups excluding carboxylic acids is 7. The Hall–Kier alpha value is -5.10. The molecule has 3 atom stereocenters. The van der Waals surface area contributed by atoms with E-state index in [0.29, 0.717) is 19.4 Å². The maximum atomic E-state index is 13.8. The molecule has 1 aliphatic carbocycles. The Balaban J connectivity index is 3.17. The van der Waals surface area contributed by atoms with Crippen molar-refractivity contribution >= 4 is 58.7 Å². The minimum atomic E-state index is -1.81. The summed E-state index contributed by atoms with van der Waals surface area (Å²) in [5.74, 6) is -4.35. The van der Waals surface area contributed by atoms with Gasteiger partial charge in [-0.15, -0.1) is 0 Å². The summed E-state index contributed by atoms with van der Waals surface area (Å²) in [6, 6.07) is 2.13. The quantitative estimate of drug-likeness (QED) is 0.0208. The first-order valence-corrected chi connectivity index (χ1v) is 30.1. The summed E-state index contributed by atoms with van der Waals surface area (Å²) in [4.78, 5) is 88.0. The average molecular weight is 1040 g/mol. The van der Waals surface area contributed by atoms with Crippen LogP contribution in [0.5, 0.6) is 0 Å². The zero-order valence-electron chi connectivity index (χ0n) is 43.7. The van der Waals surface area contributed by atoms with E-state index in [1.807, 2.05) is 6.92 Å². The molecular formula is C50H82N2O17Si2. The molecule has 2 amide bonds. The molecule has 21 heteroatoms. The van der Waals surface area contributed by atoms with Crippen LogP contribution in [0, 0.1) is 22.2 Å². The lowest BCUT2D eigenvalue weighted by Gasteiger charge is -2.47. The fourth-order valence-electron chi connectivity index (χ4n) is 8.62. The van der Waals surface area contributed by atoms with Gasteiger partial charge in [0.2, 0.25) is 0 Å². The summed E-state index contributed by atoms with van der Waals surface area (Å²) in [6.45, 7) is 32.9. The third kappa shape index (κ3) is 26.8. The molecule has 0 aromatic rings. The molecule has 1 rings (SSSR count). The minimum Gasteiger partial charge on any atom is -0.462 e. The molecule has 71 heavy (non-hydrogen) atoms. The molecule has 0 spiro atoms. The van der Waals surface area contributed by atoms with Crippen LogP contribution in [-0.2, 0) is 70.7 Å². The van der Waals surface area contributed by atoms with E-state index in [1.54, 1.807) is 6.92 Å². The first-order valence-electron chi connectivity index (χ1n) is 23.8. The molecule has 0 aromatic carbocycles. The molecule has 1 fully saturated rings. The first kappa shape index (κ1) is 63.9. The number of rotatable bonds is 35. The highest BCUT2D eigenvalue weighted by Gasteiger charge is 2.44. The summed E-state index contributed by atoms with van der Waals surface area (Å²) in [7, 11) is -3.48. The van der Waals surface area contributed by atoms with Crippen molar-refractivity contribution in [2.24, 2.45) is 22.2 Å². The summed E-state index contributed by atoms with van der Waals surface area (Å²) in [5, 5.41) is 5.86. The van der Waals surface area contributed by atoms with Crippen molar-refractivity contribution in [3.8, 4) is 0 Å². The van der Waals surface area contributed by atoms with Crippen LogP contribution in [0.1, 0.15) is 66.7 Å². The molecular weight excluding hydrogens is 957 g/mol. The number of esters is 5. The Bertz CT molecular complexity index is 1750. The first-order chi connectivity index (χ1) is 33.1. The van der Waals surface area contributed by atoms with Gasteiger partial charge in [-0.1, -0.05) is 60.1 Å². The van der Waals surface area contributed by atoms with Crippen molar-refractivity contribution in [1.29, 1.82) is 0 Å².